The molecular weight excluding hydrogens is 374 g/mol. The molecule has 1 aliphatic rings. The van der Waals surface area contributed by atoms with Gasteiger partial charge in [0.1, 0.15) is 6.61 Å². The highest BCUT2D eigenvalue weighted by Crippen LogP contribution is 2.48. The summed E-state index contributed by atoms with van der Waals surface area (Å²) in [6.45, 7) is 1.98. The van der Waals surface area contributed by atoms with Crippen molar-refractivity contribution in [1.82, 2.24) is 10.3 Å². The molecule has 0 spiro atoms. The summed E-state index contributed by atoms with van der Waals surface area (Å²) < 4.78 is 0. The van der Waals surface area contributed by atoms with E-state index in [4.69, 9.17) is 0 Å². The Morgan fingerprint density at radius 1 is 1.46 bits per heavy atom. The summed E-state index contributed by atoms with van der Waals surface area (Å²) in [7, 11) is 0. The quantitative estimate of drug-likeness (QED) is 0.539. The van der Waals surface area contributed by atoms with Gasteiger partial charge in [0.15, 0.2) is 0 Å². The predicted molar refractivity (Wildman–Crippen MR) is 101 cm³/mol. The maximum atomic E-state index is 12.5. The molecule has 1 aliphatic carbocycles. The lowest BCUT2D eigenvalue weighted by atomic mass is 10.0. The van der Waals surface area contributed by atoms with Crippen LogP contribution in [0, 0.1) is 22.5 Å². The molecule has 1 heterocycles. The van der Waals surface area contributed by atoms with Gasteiger partial charge in [-0.1, -0.05) is 42.1 Å². The van der Waals surface area contributed by atoms with Crippen LogP contribution in [-0.4, -0.2) is 27.7 Å². The number of hydrogen-bond acceptors (Lipinski definition) is 7. The normalized spacial score (nSPS) is 15.9. The first-order valence-electron chi connectivity index (χ1n) is 8.15. The number of thioether (sulfide) groups is 1. The van der Waals surface area contributed by atoms with Gasteiger partial charge in [-0.05, 0) is 25.3 Å². The molecule has 2 aromatic rings. The number of thiazole rings is 1. The maximum Gasteiger partial charge on any atom is 0.294 e. The van der Waals surface area contributed by atoms with E-state index in [9.17, 15) is 14.9 Å². The van der Waals surface area contributed by atoms with Gasteiger partial charge in [-0.2, -0.15) is 0 Å². The van der Waals surface area contributed by atoms with Crippen molar-refractivity contribution in [3.63, 3.8) is 0 Å². The molecule has 0 radical (unpaired) electrons. The van der Waals surface area contributed by atoms with Crippen LogP contribution in [0.25, 0.3) is 0 Å². The summed E-state index contributed by atoms with van der Waals surface area (Å²) in [5.74, 6) is 0.510. The molecular formula is C17H19N3O4S2. The minimum absolute atomic E-state index is 0.0519. The molecule has 7 nitrogen and oxygen atoms in total. The fraction of sp³-hybridized carbons (Fsp3) is 0.412. The summed E-state index contributed by atoms with van der Waals surface area (Å²) in [5, 5.41) is 12.5. The van der Waals surface area contributed by atoms with Crippen LogP contribution in [0.3, 0.4) is 0 Å². The second-order valence-corrected chi connectivity index (χ2v) is 8.20. The van der Waals surface area contributed by atoms with E-state index in [2.05, 4.69) is 15.1 Å². The number of hydrogen-bond donors (Lipinski definition) is 1. The Morgan fingerprint density at radius 3 is 2.77 bits per heavy atom. The number of carbonyl (C=O) groups excluding carboxylic acids is 1. The lowest BCUT2D eigenvalue weighted by Crippen LogP contribution is -2.27. The molecule has 1 fully saturated rings. The third-order valence-electron chi connectivity index (χ3n) is 4.38. The zero-order valence-corrected chi connectivity index (χ0v) is 15.8. The third kappa shape index (κ3) is 4.73. The predicted octanol–water partition coefficient (Wildman–Crippen LogP) is 3.97. The first-order valence-corrected chi connectivity index (χ1v) is 10.0. The highest BCUT2D eigenvalue weighted by Gasteiger charge is 2.44. The van der Waals surface area contributed by atoms with Gasteiger partial charge in [0.2, 0.25) is 0 Å². The van der Waals surface area contributed by atoms with Crippen LogP contribution in [0.4, 0.5) is 4.79 Å². The second-order valence-electron chi connectivity index (χ2n) is 6.36. The molecule has 1 N–H and O–H groups in total. The summed E-state index contributed by atoms with van der Waals surface area (Å²) >= 11 is 2.67. The van der Waals surface area contributed by atoms with Gasteiger partial charge >= 0.3 is 0 Å². The molecule has 1 atom stereocenters. The minimum Gasteiger partial charge on any atom is -0.335 e. The summed E-state index contributed by atoms with van der Waals surface area (Å²) in [5.41, 5.74) is 3.41. The van der Waals surface area contributed by atoms with Crippen molar-refractivity contribution in [2.75, 3.05) is 12.4 Å². The molecule has 9 heteroatoms. The second kappa shape index (κ2) is 8.05. The molecule has 1 aromatic carbocycles. The van der Waals surface area contributed by atoms with Crippen molar-refractivity contribution in [2.24, 2.45) is 5.41 Å². The summed E-state index contributed by atoms with van der Waals surface area (Å²) in [4.78, 5) is 32.7. The zero-order valence-electron chi connectivity index (χ0n) is 14.2. The third-order valence-corrected chi connectivity index (χ3v) is 6.52. The van der Waals surface area contributed by atoms with Gasteiger partial charge in [0, 0.05) is 11.2 Å². The topological polar surface area (TPSA) is 94.4 Å². The van der Waals surface area contributed by atoms with Crippen molar-refractivity contribution in [3.8, 4) is 0 Å². The Balaban J connectivity index is 1.63. The average molecular weight is 393 g/mol. The molecule has 1 aromatic heterocycles. The van der Waals surface area contributed by atoms with Crippen molar-refractivity contribution in [1.29, 1.82) is 0 Å². The fourth-order valence-electron chi connectivity index (χ4n) is 2.61. The molecule has 0 saturated heterocycles. The van der Waals surface area contributed by atoms with E-state index in [-0.39, 0.29) is 23.3 Å². The van der Waals surface area contributed by atoms with E-state index in [1.54, 1.807) is 5.51 Å². The Kier molecular flexibility index (Phi) is 5.77. The smallest absolute Gasteiger partial charge is 0.294 e. The highest BCUT2D eigenvalue weighted by atomic mass is 32.2. The maximum absolute atomic E-state index is 12.5. The number of rotatable bonds is 8. The number of nitrogens with zero attached hydrogens (tertiary/aromatic N) is 2. The van der Waals surface area contributed by atoms with E-state index >= 15 is 0 Å². The number of amides is 1. The van der Waals surface area contributed by atoms with E-state index < -0.39 is 5.09 Å². The van der Waals surface area contributed by atoms with Gasteiger partial charge in [0.25, 0.3) is 10.3 Å². The van der Waals surface area contributed by atoms with Gasteiger partial charge < -0.3 is 10.2 Å². The standard InChI is InChI=1S/C17H19N3O4S2/c1-12-15(26-11-18-12)14(13-5-3-2-4-6-13)19-16(21)25-10-17(7-8-17)9-24-20(22)23/h2-6,11,14H,7-10H2,1H3,(H,19,21). The largest absolute Gasteiger partial charge is 0.335 e. The van der Waals surface area contributed by atoms with Crippen LogP contribution in [0.2, 0.25) is 0 Å². The average Bonchev–Trinajstić information content (AvgIpc) is 3.30. The van der Waals surface area contributed by atoms with E-state index in [0.717, 1.165) is 40.7 Å². The highest BCUT2D eigenvalue weighted by molar-refractivity contribution is 8.13. The van der Waals surface area contributed by atoms with Crippen molar-refractivity contribution in [3.05, 3.63) is 62.1 Å². The van der Waals surface area contributed by atoms with Gasteiger partial charge in [0.05, 0.1) is 22.1 Å². The van der Waals surface area contributed by atoms with Gasteiger partial charge in [-0.3, -0.25) is 4.79 Å². The Bertz CT molecular complexity index is 777. The molecule has 0 aliphatic heterocycles. The molecule has 138 valence electrons. The first-order chi connectivity index (χ1) is 12.5. The van der Waals surface area contributed by atoms with Crippen molar-refractivity contribution >= 4 is 28.3 Å². The van der Waals surface area contributed by atoms with Crippen molar-refractivity contribution < 1.29 is 14.7 Å². The number of benzene rings is 1. The van der Waals surface area contributed by atoms with Gasteiger partial charge in [-0.15, -0.1) is 21.5 Å². The molecule has 1 saturated carbocycles. The van der Waals surface area contributed by atoms with Crippen LogP contribution in [0.5, 0.6) is 0 Å². The molecule has 3 rings (SSSR count). The Hall–Kier alpha value is -2.13. The summed E-state index contributed by atoms with van der Waals surface area (Å²) in [6.07, 6.45) is 1.69. The molecule has 1 unspecified atom stereocenters. The molecule has 1 amide bonds. The van der Waals surface area contributed by atoms with Gasteiger partial charge in [-0.25, -0.2) is 4.98 Å². The van der Waals surface area contributed by atoms with Crippen LogP contribution in [0.15, 0.2) is 35.8 Å². The van der Waals surface area contributed by atoms with Crippen LogP contribution in [0.1, 0.15) is 35.0 Å². The molecule has 0 bridgehead atoms. The molecule has 26 heavy (non-hydrogen) atoms. The monoisotopic (exact) mass is 393 g/mol. The SMILES string of the molecule is Cc1ncsc1C(NC(=O)SCC1(CO[N+](=O)[O-])CC1)c1ccccc1. The lowest BCUT2D eigenvalue weighted by molar-refractivity contribution is -0.759. The zero-order chi connectivity index (χ0) is 18.6. The van der Waals surface area contributed by atoms with E-state index in [1.165, 1.54) is 11.3 Å². The number of carbonyl (C=O) groups is 1. The fourth-order valence-corrected chi connectivity index (χ4v) is 4.50. The van der Waals surface area contributed by atoms with Crippen LogP contribution in [-0.2, 0) is 4.84 Å². The van der Waals surface area contributed by atoms with Crippen LogP contribution >= 0.6 is 23.1 Å². The van der Waals surface area contributed by atoms with E-state index in [1.807, 2.05) is 37.3 Å². The first kappa shape index (κ1) is 18.7. The number of nitrogens with one attached hydrogen (secondary N) is 1. The summed E-state index contributed by atoms with van der Waals surface area (Å²) in [6, 6.07) is 9.50. The Morgan fingerprint density at radius 2 is 2.19 bits per heavy atom. The minimum atomic E-state index is -0.775. The van der Waals surface area contributed by atoms with Crippen molar-refractivity contribution in [2.45, 2.75) is 25.8 Å². The number of aromatic nitrogens is 1. The Labute approximate surface area is 159 Å². The lowest BCUT2D eigenvalue weighted by Gasteiger charge is -2.19. The van der Waals surface area contributed by atoms with Crippen LogP contribution < -0.4 is 5.32 Å². The van der Waals surface area contributed by atoms with E-state index in [0.29, 0.717) is 5.75 Å². The number of aryl methyl sites for hydroxylation is 1.